The Bertz CT molecular complexity index is 508. The van der Waals surface area contributed by atoms with Gasteiger partial charge in [-0.05, 0) is 36.1 Å². The number of rotatable bonds is 2. The molecular weight excluding hydrogens is 286 g/mol. The lowest BCUT2D eigenvalue weighted by Crippen LogP contribution is -2.11. The number of carbonyl (C=O) groups is 1. The van der Waals surface area contributed by atoms with Crippen LogP contribution >= 0.6 is 27.3 Å². The van der Waals surface area contributed by atoms with Crippen molar-refractivity contribution in [2.24, 2.45) is 0 Å². The number of aryl methyl sites for hydroxylation is 1. The van der Waals surface area contributed by atoms with Crippen molar-refractivity contribution in [1.82, 2.24) is 0 Å². The van der Waals surface area contributed by atoms with Crippen LogP contribution in [0.1, 0.15) is 15.9 Å². The third-order valence-electron chi connectivity index (χ3n) is 2.21. The molecule has 0 unspecified atom stereocenters. The van der Waals surface area contributed by atoms with E-state index in [4.69, 9.17) is 0 Å². The van der Waals surface area contributed by atoms with Gasteiger partial charge < -0.3 is 5.32 Å². The van der Waals surface area contributed by atoms with Gasteiger partial charge in [-0.1, -0.05) is 22.0 Å². The van der Waals surface area contributed by atoms with Gasteiger partial charge in [-0.15, -0.1) is 0 Å². The number of carbonyl (C=O) groups excluding carboxylic acids is 1. The monoisotopic (exact) mass is 295 g/mol. The lowest BCUT2D eigenvalue weighted by atomic mass is 10.1. The van der Waals surface area contributed by atoms with Crippen LogP contribution in [0.3, 0.4) is 0 Å². The third-order valence-corrected chi connectivity index (χ3v) is 3.75. The van der Waals surface area contributed by atoms with Crippen LogP contribution < -0.4 is 5.32 Å². The minimum absolute atomic E-state index is 0.0842. The number of anilines is 1. The summed E-state index contributed by atoms with van der Waals surface area (Å²) in [6, 6.07) is 7.46. The van der Waals surface area contributed by atoms with Crippen molar-refractivity contribution >= 4 is 38.9 Å². The molecule has 0 saturated heterocycles. The molecule has 0 radical (unpaired) electrons. The van der Waals surface area contributed by atoms with Crippen LogP contribution in [0.25, 0.3) is 0 Å². The maximum Gasteiger partial charge on any atom is 0.255 e. The van der Waals surface area contributed by atoms with Gasteiger partial charge in [-0.2, -0.15) is 11.3 Å². The fourth-order valence-electron chi connectivity index (χ4n) is 1.27. The van der Waals surface area contributed by atoms with E-state index in [9.17, 15) is 4.79 Å². The lowest BCUT2D eigenvalue weighted by Gasteiger charge is -2.04. The van der Waals surface area contributed by atoms with Gasteiger partial charge in [0.25, 0.3) is 5.91 Å². The van der Waals surface area contributed by atoms with E-state index in [0.29, 0.717) is 5.56 Å². The van der Waals surface area contributed by atoms with Crippen LogP contribution in [-0.2, 0) is 0 Å². The normalized spacial score (nSPS) is 10.1. The molecule has 0 aliphatic rings. The van der Waals surface area contributed by atoms with Gasteiger partial charge in [0.05, 0.1) is 5.69 Å². The summed E-state index contributed by atoms with van der Waals surface area (Å²) >= 11 is 4.97. The second kappa shape index (κ2) is 4.80. The van der Waals surface area contributed by atoms with E-state index in [1.165, 1.54) is 0 Å². The second-order valence-corrected chi connectivity index (χ2v) is 5.06. The molecular formula is C12H10BrNOS. The van der Waals surface area contributed by atoms with Crippen molar-refractivity contribution in [3.8, 4) is 0 Å². The molecule has 2 rings (SSSR count). The first-order valence-corrected chi connectivity index (χ1v) is 6.50. The van der Waals surface area contributed by atoms with E-state index in [-0.39, 0.29) is 5.91 Å². The molecule has 4 heteroatoms. The highest BCUT2D eigenvalue weighted by molar-refractivity contribution is 9.10. The summed E-state index contributed by atoms with van der Waals surface area (Å²) in [4.78, 5) is 11.8. The van der Waals surface area contributed by atoms with Gasteiger partial charge in [0.15, 0.2) is 0 Å². The third kappa shape index (κ3) is 2.51. The molecule has 1 aromatic heterocycles. The van der Waals surface area contributed by atoms with Crippen LogP contribution in [0.5, 0.6) is 0 Å². The largest absolute Gasteiger partial charge is 0.321 e. The van der Waals surface area contributed by atoms with Crippen molar-refractivity contribution in [2.45, 2.75) is 6.92 Å². The first-order chi connectivity index (χ1) is 7.66. The van der Waals surface area contributed by atoms with Crippen molar-refractivity contribution in [2.75, 3.05) is 5.32 Å². The highest BCUT2D eigenvalue weighted by Crippen LogP contribution is 2.19. The number of hydrogen-bond acceptors (Lipinski definition) is 2. The van der Waals surface area contributed by atoms with Crippen LogP contribution in [0.2, 0.25) is 0 Å². The fourth-order valence-corrected chi connectivity index (χ4v) is 2.24. The summed E-state index contributed by atoms with van der Waals surface area (Å²) in [5.41, 5.74) is 2.61. The molecule has 0 spiro atoms. The highest BCUT2D eigenvalue weighted by Gasteiger charge is 2.07. The van der Waals surface area contributed by atoms with E-state index in [1.807, 2.05) is 41.9 Å². The zero-order chi connectivity index (χ0) is 11.5. The van der Waals surface area contributed by atoms with Crippen LogP contribution in [0, 0.1) is 6.92 Å². The highest BCUT2D eigenvalue weighted by atomic mass is 79.9. The Balaban J connectivity index is 2.18. The van der Waals surface area contributed by atoms with Gasteiger partial charge >= 0.3 is 0 Å². The Hall–Kier alpha value is -1.13. The Morgan fingerprint density at radius 1 is 1.38 bits per heavy atom. The van der Waals surface area contributed by atoms with Gasteiger partial charge in [0.2, 0.25) is 0 Å². The second-order valence-electron chi connectivity index (χ2n) is 3.43. The zero-order valence-electron chi connectivity index (χ0n) is 8.66. The lowest BCUT2D eigenvalue weighted by molar-refractivity contribution is 0.102. The summed E-state index contributed by atoms with van der Waals surface area (Å²) in [7, 11) is 0. The van der Waals surface area contributed by atoms with E-state index in [0.717, 1.165) is 15.7 Å². The average molecular weight is 296 g/mol. The predicted octanol–water partition coefficient (Wildman–Crippen LogP) is 4.07. The Labute approximate surface area is 106 Å². The number of amides is 1. The zero-order valence-corrected chi connectivity index (χ0v) is 11.1. The standard InChI is InChI=1S/C12H10BrNOS/c1-8-2-3-9(6-11(8)13)12(15)14-10-4-5-16-7-10/h2-7H,1H3,(H,14,15). The first-order valence-electron chi connectivity index (χ1n) is 4.76. The molecule has 0 bridgehead atoms. The smallest absolute Gasteiger partial charge is 0.255 e. The van der Waals surface area contributed by atoms with E-state index in [1.54, 1.807) is 11.3 Å². The Morgan fingerprint density at radius 3 is 2.81 bits per heavy atom. The number of hydrogen-bond donors (Lipinski definition) is 1. The molecule has 1 aromatic carbocycles. The molecule has 0 atom stereocenters. The predicted molar refractivity (Wildman–Crippen MR) is 71.2 cm³/mol. The summed E-state index contributed by atoms with van der Waals surface area (Å²) in [6.45, 7) is 1.99. The van der Waals surface area contributed by atoms with E-state index in [2.05, 4.69) is 21.2 Å². The maximum atomic E-state index is 11.8. The summed E-state index contributed by atoms with van der Waals surface area (Å²) < 4.78 is 0.950. The maximum absolute atomic E-state index is 11.8. The molecule has 1 N–H and O–H groups in total. The Morgan fingerprint density at radius 2 is 2.19 bits per heavy atom. The van der Waals surface area contributed by atoms with Crippen LogP contribution in [0.15, 0.2) is 39.5 Å². The van der Waals surface area contributed by atoms with Crippen molar-refractivity contribution in [3.63, 3.8) is 0 Å². The van der Waals surface area contributed by atoms with E-state index < -0.39 is 0 Å². The first kappa shape index (κ1) is 11.4. The summed E-state index contributed by atoms with van der Waals surface area (Å²) in [6.07, 6.45) is 0. The van der Waals surface area contributed by atoms with Crippen LogP contribution in [0.4, 0.5) is 5.69 Å². The van der Waals surface area contributed by atoms with Crippen molar-refractivity contribution in [3.05, 3.63) is 50.6 Å². The number of benzene rings is 1. The number of thiophene rings is 1. The molecule has 0 aliphatic carbocycles. The van der Waals surface area contributed by atoms with Gasteiger partial charge in [0.1, 0.15) is 0 Å². The molecule has 2 nitrogen and oxygen atoms in total. The van der Waals surface area contributed by atoms with Gasteiger partial charge in [-0.3, -0.25) is 4.79 Å². The van der Waals surface area contributed by atoms with Gasteiger partial charge in [-0.25, -0.2) is 0 Å². The molecule has 0 fully saturated rings. The molecule has 0 aliphatic heterocycles. The minimum atomic E-state index is -0.0842. The SMILES string of the molecule is Cc1ccc(C(=O)Nc2ccsc2)cc1Br. The van der Waals surface area contributed by atoms with Crippen molar-refractivity contribution in [1.29, 1.82) is 0 Å². The molecule has 82 valence electrons. The van der Waals surface area contributed by atoms with Crippen molar-refractivity contribution < 1.29 is 4.79 Å². The molecule has 16 heavy (non-hydrogen) atoms. The fraction of sp³-hybridized carbons (Fsp3) is 0.0833. The number of halogens is 1. The molecule has 2 aromatic rings. The Kier molecular flexibility index (Phi) is 3.41. The average Bonchev–Trinajstić information content (AvgIpc) is 2.74. The molecule has 1 amide bonds. The summed E-state index contributed by atoms with van der Waals surface area (Å²) in [5.74, 6) is -0.0842. The molecule has 0 saturated carbocycles. The quantitative estimate of drug-likeness (QED) is 0.889. The van der Waals surface area contributed by atoms with E-state index >= 15 is 0 Å². The van der Waals surface area contributed by atoms with Crippen LogP contribution in [-0.4, -0.2) is 5.91 Å². The van der Waals surface area contributed by atoms with Gasteiger partial charge in [0, 0.05) is 15.4 Å². The molecule has 1 heterocycles. The topological polar surface area (TPSA) is 29.1 Å². The minimum Gasteiger partial charge on any atom is -0.321 e. The number of nitrogens with one attached hydrogen (secondary N) is 1. The summed E-state index contributed by atoms with van der Waals surface area (Å²) in [5, 5.41) is 6.67.